The molecule has 1 saturated heterocycles. The number of ether oxygens (including phenoxy) is 1. The Labute approximate surface area is 125 Å². The summed E-state index contributed by atoms with van der Waals surface area (Å²) in [5.41, 5.74) is 3.44. The van der Waals surface area contributed by atoms with Crippen LogP contribution in [0.25, 0.3) is 0 Å². The number of rotatable bonds is 5. The minimum Gasteiger partial charge on any atom is -0.379 e. The number of nitrogens with zero attached hydrogens (tertiary/aromatic N) is 2. The van der Waals surface area contributed by atoms with Crippen LogP contribution >= 0.6 is 11.3 Å². The van der Waals surface area contributed by atoms with Crippen LogP contribution in [0.1, 0.15) is 37.8 Å². The van der Waals surface area contributed by atoms with Crippen molar-refractivity contribution in [3.05, 3.63) is 16.6 Å². The van der Waals surface area contributed by atoms with Gasteiger partial charge in [-0.1, -0.05) is 19.3 Å². The molecule has 0 aromatic carbocycles. The molecular weight excluding hydrogens is 270 g/mol. The molecule has 4 nitrogen and oxygen atoms in total. The first-order chi connectivity index (χ1) is 9.89. The number of hydrogen-bond acceptors (Lipinski definition) is 5. The average molecular weight is 295 g/mol. The van der Waals surface area contributed by atoms with Crippen molar-refractivity contribution in [1.82, 2.24) is 15.2 Å². The topological polar surface area (TPSA) is 37.4 Å². The third kappa shape index (κ3) is 3.39. The first-order valence-electron chi connectivity index (χ1n) is 7.80. The van der Waals surface area contributed by atoms with E-state index in [0.29, 0.717) is 5.54 Å². The lowest BCUT2D eigenvalue weighted by molar-refractivity contribution is -0.0369. The van der Waals surface area contributed by atoms with Gasteiger partial charge in [0.05, 0.1) is 24.4 Å². The minimum atomic E-state index is 0.359. The molecule has 1 aromatic rings. The monoisotopic (exact) mass is 295 g/mol. The van der Waals surface area contributed by atoms with Crippen molar-refractivity contribution in [2.45, 2.75) is 44.2 Å². The lowest BCUT2D eigenvalue weighted by Gasteiger charge is -2.48. The van der Waals surface area contributed by atoms with Crippen LogP contribution in [-0.4, -0.2) is 48.3 Å². The van der Waals surface area contributed by atoms with E-state index in [1.165, 1.54) is 37.8 Å². The summed E-state index contributed by atoms with van der Waals surface area (Å²) >= 11 is 1.67. The quantitative estimate of drug-likeness (QED) is 0.904. The van der Waals surface area contributed by atoms with Gasteiger partial charge in [0.25, 0.3) is 0 Å². The van der Waals surface area contributed by atoms with E-state index in [0.717, 1.165) is 39.4 Å². The lowest BCUT2D eigenvalue weighted by atomic mass is 9.79. The third-order valence-electron chi connectivity index (χ3n) is 4.71. The fourth-order valence-corrected chi connectivity index (χ4v) is 4.16. The van der Waals surface area contributed by atoms with Crippen molar-refractivity contribution in [3.63, 3.8) is 0 Å². The second-order valence-corrected chi connectivity index (χ2v) is 6.69. The predicted octanol–water partition coefficient (Wildman–Crippen LogP) is 2.27. The zero-order valence-corrected chi connectivity index (χ0v) is 13.0. The number of thiazole rings is 1. The summed E-state index contributed by atoms with van der Waals surface area (Å²) in [6.45, 7) is 5.97. The van der Waals surface area contributed by atoms with Crippen LogP contribution in [0, 0.1) is 0 Å². The molecule has 0 unspecified atom stereocenters. The van der Waals surface area contributed by atoms with Gasteiger partial charge in [0.15, 0.2) is 0 Å². The van der Waals surface area contributed by atoms with E-state index in [1.807, 2.05) is 5.51 Å². The van der Waals surface area contributed by atoms with Gasteiger partial charge in [0.2, 0.25) is 0 Å². The van der Waals surface area contributed by atoms with Crippen LogP contribution in [0.4, 0.5) is 0 Å². The van der Waals surface area contributed by atoms with Crippen LogP contribution in [0.2, 0.25) is 0 Å². The molecule has 0 amide bonds. The molecular formula is C15H25N3OS. The average Bonchev–Trinajstić information content (AvgIpc) is 3.02. The SMILES string of the molecule is c1nc(CNCC2(N3CCOCC3)CCCCC2)cs1. The van der Waals surface area contributed by atoms with E-state index in [9.17, 15) is 0 Å². The Morgan fingerprint density at radius 3 is 2.75 bits per heavy atom. The summed E-state index contributed by atoms with van der Waals surface area (Å²) in [5, 5.41) is 5.79. The molecule has 3 rings (SSSR count). The summed E-state index contributed by atoms with van der Waals surface area (Å²) in [6.07, 6.45) is 6.80. The van der Waals surface area contributed by atoms with E-state index in [-0.39, 0.29) is 0 Å². The fraction of sp³-hybridized carbons (Fsp3) is 0.800. The number of aromatic nitrogens is 1. The van der Waals surface area contributed by atoms with E-state index < -0.39 is 0 Å². The third-order valence-corrected chi connectivity index (χ3v) is 5.35. The highest BCUT2D eigenvalue weighted by atomic mass is 32.1. The van der Waals surface area contributed by atoms with Crippen LogP contribution in [0.3, 0.4) is 0 Å². The maximum atomic E-state index is 5.53. The number of hydrogen-bond donors (Lipinski definition) is 1. The molecule has 20 heavy (non-hydrogen) atoms. The van der Waals surface area contributed by atoms with Crippen molar-refractivity contribution >= 4 is 11.3 Å². The van der Waals surface area contributed by atoms with Gasteiger partial charge in [-0.2, -0.15) is 0 Å². The molecule has 2 fully saturated rings. The molecule has 1 saturated carbocycles. The molecule has 0 atom stereocenters. The highest BCUT2D eigenvalue weighted by Gasteiger charge is 2.38. The summed E-state index contributed by atoms with van der Waals surface area (Å²) < 4.78 is 5.53. The molecule has 1 aromatic heterocycles. The van der Waals surface area contributed by atoms with Gasteiger partial charge >= 0.3 is 0 Å². The van der Waals surface area contributed by atoms with Crippen LogP contribution in [-0.2, 0) is 11.3 Å². The summed E-state index contributed by atoms with van der Waals surface area (Å²) in [6, 6.07) is 0. The predicted molar refractivity (Wildman–Crippen MR) is 82.0 cm³/mol. The smallest absolute Gasteiger partial charge is 0.0795 e. The van der Waals surface area contributed by atoms with Crippen molar-refractivity contribution in [3.8, 4) is 0 Å². The first kappa shape index (κ1) is 14.4. The largest absolute Gasteiger partial charge is 0.379 e. The van der Waals surface area contributed by atoms with Crippen molar-refractivity contribution in [1.29, 1.82) is 0 Å². The van der Waals surface area contributed by atoms with Crippen LogP contribution in [0.15, 0.2) is 10.9 Å². The number of nitrogens with one attached hydrogen (secondary N) is 1. The molecule has 0 spiro atoms. The maximum absolute atomic E-state index is 5.53. The molecule has 1 N–H and O–H groups in total. The Bertz CT molecular complexity index is 384. The normalized spacial score (nSPS) is 23.8. The Hall–Kier alpha value is -0.490. The second kappa shape index (κ2) is 6.98. The van der Waals surface area contributed by atoms with Gasteiger partial charge in [-0.15, -0.1) is 11.3 Å². The molecule has 2 heterocycles. The van der Waals surface area contributed by atoms with E-state index in [4.69, 9.17) is 4.74 Å². The van der Waals surface area contributed by atoms with E-state index in [1.54, 1.807) is 11.3 Å². The molecule has 5 heteroatoms. The number of morpholine rings is 1. The highest BCUT2D eigenvalue weighted by molar-refractivity contribution is 7.07. The van der Waals surface area contributed by atoms with Gasteiger partial charge < -0.3 is 10.1 Å². The van der Waals surface area contributed by atoms with Crippen molar-refractivity contribution in [2.24, 2.45) is 0 Å². The van der Waals surface area contributed by atoms with Gasteiger partial charge in [-0.3, -0.25) is 4.90 Å². The fourth-order valence-electron chi connectivity index (χ4n) is 3.60. The zero-order chi connectivity index (χ0) is 13.7. The highest BCUT2D eigenvalue weighted by Crippen LogP contribution is 2.33. The first-order valence-corrected chi connectivity index (χ1v) is 8.74. The van der Waals surface area contributed by atoms with Crippen molar-refractivity contribution < 1.29 is 4.74 Å². The molecule has 0 bridgehead atoms. The zero-order valence-electron chi connectivity index (χ0n) is 12.1. The van der Waals surface area contributed by atoms with Gasteiger partial charge in [-0.05, 0) is 12.8 Å². The molecule has 1 aliphatic heterocycles. The van der Waals surface area contributed by atoms with E-state index >= 15 is 0 Å². The minimum absolute atomic E-state index is 0.359. The van der Waals surface area contributed by atoms with Gasteiger partial charge in [0.1, 0.15) is 0 Å². The Balaban J connectivity index is 1.59. The molecule has 0 radical (unpaired) electrons. The summed E-state index contributed by atoms with van der Waals surface area (Å²) in [4.78, 5) is 7.04. The molecule has 1 aliphatic carbocycles. The molecule has 2 aliphatic rings. The summed E-state index contributed by atoms with van der Waals surface area (Å²) in [5.74, 6) is 0. The van der Waals surface area contributed by atoms with E-state index in [2.05, 4.69) is 20.6 Å². The summed E-state index contributed by atoms with van der Waals surface area (Å²) in [7, 11) is 0. The van der Waals surface area contributed by atoms with Crippen LogP contribution < -0.4 is 5.32 Å². The second-order valence-electron chi connectivity index (χ2n) is 5.97. The van der Waals surface area contributed by atoms with Gasteiger partial charge in [-0.25, -0.2) is 4.98 Å². The molecule has 112 valence electrons. The van der Waals surface area contributed by atoms with Crippen LogP contribution in [0.5, 0.6) is 0 Å². The van der Waals surface area contributed by atoms with Gasteiger partial charge in [0, 0.05) is 37.1 Å². The standard InChI is InChI=1S/C15H25N3OS/c1-2-4-15(5-3-1,18-6-8-19-9-7-18)12-16-10-14-11-20-13-17-14/h11,13,16H,1-10,12H2. The Morgan fingerprint density at radius 1 is 1.25 bits per heavy atom. The lowest BCUT2D eigenvalue weighted by Crippen LogP contribution is -2.59. The maximum Gasteiger partial charge on any atom is 0.0795 e. The van der Waals surface area contributed by atoms with Crippen molar-refractivity contribution in [2.75, 3.05) is 32.8 Å². The Morgan fingerprint density at radius 2 is 2.05 bits per heavy atom. The Kier molecular flexibility index (Phi) is 5.04.